The van der Waals surface area contributed by atoms with E-state index in [4.69, 9.17) is 17.0 Å². The maximum atomic E-state index is 5.57. The Balaban J connectivity index is 2.19. The summed E-state index contributed by atoms with van der Waals surface area (Å²) in [5, 5.41) is 0.789. The van der Waals surface area contributed by atoms with Crippen LogP contribution in [0.1, 0.15) is 45.4 Å². The number of thiocarbonyl (C=S) groups is 1. The highest BCUT2D eigenvalue weighted by Gasteiger charge is 2.14. The third-order valence-corrected chi connectivity index (χ3v) is 2.52. The maximum absolute atomic E-state index is 5.57. The average Bonchev–Trinajstić information content (AvgIpc) is 2.06. The topological polar surface area (TPSA) is 9.23 Å². The second-order valence-electron chi connectivity index (χ2n) is 3.10. The van der Waals surface area contributed by atoms with Crippen LogP contribution in [0, 0.1) is 0 Å². The van der Waals surface area contributed by atoms with Gasteiger partial charge in [0.25, 0.3) is 0 Å². The lowest BCUT2D eigenvalue weighted by molar-refractivity contribution is 0.144. The van der Waals surface area contributed by atoms with Gasteiger partial charge in [0.15, 0.2) is 5.05 Å². The van der Waals surface area contributed by atoms with Gasteiger partial charge in [-0.1, -0.05) is 13.3 Å². The molecule has 0 bridgehead atoms. The van der Waals surface area contributed by atoms with Gasteiger partial charge in [0, 0.05) is 6.42 Å². The van der Waals surface area contributed by atoms with Crippen molar-refractivity contribution in [3.63, 3.8) is 0 Å². The normalized spacial score (nSPS) is 19.7. The van der Waals surface area contributed by atoms with E-state index in [0.29, 0.717) is 6.10 Å². The summed E-state index contributed by atoms with van der Waals surface area (Å²) >= 11 is 5.01. The summed E-state index contributed by atoms with van der Waals surface area (Å²) < 4.78 is 5.57. The molecule has 0 aliphatic heterocycles. The Morgan fingerprint density at radius 3 is 2.55 bits per heavy atom. The van der Waals surface area contributed by atoms with Crippen molar-refractivity contribution in [1.82, 2.24) is 0 Å². The van der Waals surface area contributed by atoms with E-state index < -0.39 is 0 Å². The van der Waals surface area contributed by atoms with Gasteiger partial charge in [-0.3, -0.25) is 0 Å². The first-order valence-corrected chi connectivity index (χ1v) is 4.93. The van der Waals surface area contributed by atoms with E-state index in [1.54, 1.807) is 0 Å². The largest absolute Gasteiger partial charge is 0.484 e. The van der Waals surface area contributed by atoms with Gasteiger partial charge in [-0.15, -0.1) is 0 Å². The molecule has 0 radical (unpaired) electrons. The molecule has 2 heteroatoms. The van der Waals surface area contributed by atoms with Crippen molar-refractivity contribution >= 4 is 17.3 Å². The van der Waals surface area contributed by atoms with Crippen LogP contribution < -0.4 is 0 Å². The van der Waals surface area contributed by atoms with E-state index in [1.165, 1.54) is 32.1 Å². The van der Waals surface area contributed by atoms with Crippen molar-refractivity contribution in [2.45, 2.75) is 51.6 Å². The summed E-state index contributed by atoms with van der Waals surface area (Å²) in [6.07, 6.45) is 7.75. The van der Waals surface area contributed by atoms with Crippen LogP contribution in [0.2, 0.25) is 0 Å². The van der Waals surface area contributed by atoms with Crippen LogP contribution in [0.15, 0.2) is 0 Å². The molecule has 0 amide bonds. The van der Waals surface area contributed by atoms with Crippen molar-refractivity contribution in [3.05, 3.63) is 0 Å². The monoisotopic (exact) mass is 172 g/mol. The van der Waals surface area contributed by atoms with Crippen LogP contribution in [-0.2, 0) is 4.74 Å². The predicted molar refractivity (Wildman–Crippen MR) is 50.8 cm³/mol. The van der Waals surface area contributed by atoms with Crippen molar-refractivity contribution in [3.8, 4) is 0 Å². The lowest BCUT2D eigenvalue weighted by Crippen LogP contribution is -2.19. The maximum Gasteiger partial charge on any atom is 0.159 e. The standard InChI is InChI=1S/C9H16OS/c1-2-9(11)10-8-6-4-3-5-7-8/h8H,2-7H2,1H3. The Kier molecular flexibility index (Phi) is 3.84. The first-order chi connectivity index (χ1) is 5.33. The van der Waals surface area contributed by atoms with Gasteiger partial charge in [-0.2, -0.15) is 0 Å². The molecule has 1 rings (SSSR count). The van der Waals surface area contributed by atoms with E-state index in [9.17, 15) is 0 Å². The quantitative estimate of drug-likeness (QED) is 0.592. The van der Waals surface area contributed by atoms with Crippen molar-refractivity contribution in [2.24, 2.45) is 0 Å². The summed E-state index contributed by atoms with van der Waals surface area (Å²) in [5.74, 6) is 0. The average molecular weight is 172 g/mol. The minimum Gasteiger partial charge on any atom is -0.484 e. The second-order valence-corrected chi connectivity index (χ2v) is 3.56. The zero-order valence-corrected chi connectivity index (χ0v) is 7.95. The van der Waals surface area contributed by atoms with Crippen LogP contribution >= 0.6 is 12.2 Å². The molecule has 1 aliphatic carbocycles. The van der Waals surface area contributed by atoms with Crippen LogP contribution in [0.3, 0.4) is 0 Å². The highest BCUT2D eigenvalue weighted by molar-refractivity contribution is 7.80. The molecule has 0 heterocycles. The summed E-state index contributed by atoms with van der Waals surface area (Å²) in [6.45, 7) is 2.05. The Labute approximate surface area is 74.1 Å². The van der Waals surface area contributed by atoms with Gasteiger partial charge in [0.1, 0.15) is 0 Å². The highest BCUT2D eigenvalue weighted by Crippen LogP contribution is 2.20. The molecule has 1 nitrogen and oxygen atoms in total. The number of rotatable bonds is 2. The first kappa shape index (κ1) is 8.98. The van der Waals surface area contributed by atoms with E-state index in [0.717, 1.165) is 11.5 Å². The molecule has 0 atom stereocenters. The molecule has 0 unspecified atom stereocenters. The van der Waals surface area contributed by atoms with Gasteiger partial charge < -0.3 is 4.74 Å². The molecule has 0 saturated heterocycles. The van der Waals surface area contributed by atoms with E-state index in [2.05, 4.69) is 0 Å². The Morgan fingerprint density at radius 1 is 1.36 bits per heavy atom. The molecule has 1 saturated carbocycles. The zero-order valence-electron chi connectivity index (χ0n) is 7.14. The minimum absolute atomic E-state index is 0.441. The molecule has 0 N–H and O–H groups in total. The lowest BCUT2D eigenvalue weighted by Gasteiger charge is -2.22. The summed E-state index contributed by atoms with van der Waals surface area (Å²) in [7, 11) is 0. The first-order valence-electron chi connectivity index (χ1n) is 4.52. The summed E-state index contributed by atoms with van der Waals surface area (Å²) in [5.41, 5.74) is 0. The predicted octanol–water partition coefficient (Wildman–Crippen LogP) is 3.07. The fourth-order valence-corrected chi connectivity index (χ4v) is 1.59. The van der Waals surface area contributed by atoms with Crippen LogP contribution in [0.4, 0.5) is 0 Å². The molecule has 0 aromatic heterocycles. The van der Waals surface area contributed by atoms with E-state index in [1.807, 2.05) is 6.92 Å². The smallest absolute Gasteiger partial charge is 0.159 e. The van der Waals surface area contributed by atoms with Gasteiger partial charge >= 0.3 is 0 Å². The third kappa shape index (κ3) is 3.19. The lowest BCUT2D eigenvalue weighted by atomic mass is 9.98. The van der Waals surface area contributed by atoms with Gasteiger partial charge in [-0.25, -0.2) is 0 Å². The molecule has 1 aliphatic rings. The molecule has 0 aromatic rings. The zero-order chi connectivity index (χ0) is 8.10. The molecule has 1 fully saturated rings. The molecule has 64 valence electrons. The van der Waals surface area contributed by atoms with Gasteiger partial charge in [0.2, 0.25) is 0 Å². The van der Waals surface area contributed by atoms with E-state index >= 15 is 0 Å². The van der Waals surface area contributed by atoms with Crippen molar-refractivity contribution in [1.29, 1.82) is 0 Å². The number of hydrogen-bond acceptors (Lipinski definition) is 2. The highest BCUT2D eigenvalue weighted by atomic mass is 32.1. The van der Waals surface area contributed by atoms with Gasteiger partial charge in [0.05, 0.1) is 6.10 Å². The fourth-order valence-electron chi connectivity index (χ4n) is 1.45. The molecule has 0 aromatic carbocycles. The molecule has 11 heavy (non-hydrogen) atoms. The number of ether oxygens (including phenoxy) is 1. The van der Waals surface area contributed by atoms with Crippen molar-refractivity contribution in [2.75, 3.05) is 0 Å². The minimum atomic E-state index is 0.441. The van der Waals surface area contributed by atoms with Crippen LogP contribution in [-0.4, -0.2) is 11.2 Å². The van der Waals surface area contributed by atoms with Crippen LogP contribution in [0.5, 0.6) is 0 Å². The second kappa shape index (κ2) is 4.70. The fraction of sp³-hybridized carbons (Fsp3) is 0.889. The summed E-state index contributed by atoms with van der Waals surface area (Å²) in [4.78, 5) is 0. The van der Waals surface area contributed by atoms with Gasteiger partial charge in [-0.05, 0) is 37.9 Å². The molecular formula is C9H16OS. The Morgan fingerprint density at radius 2 is 2.00 bits per heavy atom. The van der Waals surface area contributed by atoms with Crippen molar-refractivity contribution < 1.29 is 4.74 Å². The molecule has 0 spiro atoms. The Hall–Kier alpha value is -0.110. The van der Waals surface area contributed by atoms with Crippen LogP contribution in [0.25, 0.3) is 0 Å². The SMILES string of the molecule is CCC(=S)OC1CCCCC1. The summed E-state index contributed by atoms with van der Waals surface area (Å²) in [6, 6.07) is 0. The Bertz CT molecular complexity index is 128. The molecular weight excluding hydrogens is 156 g/mol. The van der Waals surface area contributed by atoms with E-state index in [-0.39, 0.29) is 0 Å². The number of hydrogen-bond donors (Lipinski definition) is 0. The third-order valence-electron chi connectivity index (χ3n) is 2.14.